The van der Waals surface area contributed by atoms with Gasteiger partial charge in [0.25, 0.3) is 5.56 Å². The van der Waals surface area contributed by atoms with Crippen LogP contribution < -0.4 is 5.56 Å². The number of halogens is 1. The highest BCUT2D eigenvalue weighted by Gasteiger charge is 2.26. The highest BCUT2D eigenvalue weighted by Crippen LogP contribution is 2.37. The van der Waals surface area contributed by atoms with Gasteiger partial charge in [0, 0.05) is 10.4 Å². The lowest BCUT2D eigenvalue weighted by molar-refractivity contribution is 0.931. The molecule has 1 aromatic heterocycles. The van der Waals surface area contributed by atoms with Gasteiger partial charge in [0.2, 0.25) is 0 Å². The van der Waals surface area contributed by atoms with Gasteiger partial charge in [-0.3, -0.25) is 4.79 Å². The maximum atomic E-state index is 11.7. The van der Waals surface area contributed by atoms with Gasteiger partial charge in [-0.25, -0.2) is 4.98 Å². The molecule has 4 heteroatoms. The number of fused-ring (bicyclic) bond motifs is 1. The predicted octanol–water partition coefficient (Wildman–Crippen LogP) is 2.56. The Hall–Kier alpha value is -1.16. The smallest absolute Gasteiger partial charge is 0.258 e. The first-order valence-corrected chi connectivity index (χ1v) is 5.73. The normalized spacial score (nSPS) is 15.8. The third-order valence-corrected chi connectivity index (χ3v) is 3.14. The molecule has 1 aliphatic carbocycles. The van der Waals surface area contributed by atoms with Gasteiger partial charge in [-0.2, -0.15) is 0 Å². The van der Waals surface area contributed by atoms with Gasteiger partial charge in [0.15, 0.2) is 0 Å². The minimum Gasteiger partial charge on any atom is -0.310 e. The van der Waals surface area contributed by atoms with Crippen LogP contribution in [-0.4, -0.2) is 9.97 Å². The Kier molecular flexibility index (Phi) is 1.92. The molecule has 0 atom stereocenters. The van der Waals surface area contributed by atoms with E-state index in [0.29, 0.717) is 11.3 Å². The van der Waals surface area contributed by atoms with Crippen molar-refractivity contribution < 1.29 is 0 Å². The fourth-order valence-electron chi connectivity index (χ4n) is 1.68. The van der Waals surface area contributed by atoms with Crippen LogP contribution in [0.4, 0.5) is 0 Å². The summed E-state index contributed by atoms with van der Waals surface area (Å²) in [4.78, 5) is 19.1. The molecule has 1 fully saturated rings. The quantitative estimate of drug-likeness (QED) is 0.861. The van der Waals surface area contributed by atoms with E-state index in [2.05, 4.69) is 25.9 Å². The van der Waals surface area contributed by atoms with E-state index in [1.807, 2.05) is 12.1 Å². The highest BCUT2D eigenvalue weighted by molar-refractivity contribution is 9.10. The molecule has 1 saturated carbocycles. The lowest BCUT2D eigenvalue weighted by atomic mass is 10.2. The van der Waals surface area contributed by atoms with Gasteiger partial charge in [-0.1, -0.05) is 15.9 Å². The van der Waals surface area contributed by atoms with Crippen molar-refractivity contribution in [2.45, 2.75) is 18.8 Å². The number of H-pyrrole nitrogens is 1. The van der Waals surface area contributed by atoms with Crippen LogP contribution in [0.5, 0.6) is 0 Å². The number of nitrogens with one attached hydrogen (secondary N) is 1. The summed E-state index contributed by atoms with van der Waals surface area (Å²) in [6, 6.07) is 5.54. The number of rotatable bonds is 1. The van der Waals surface area contributed by atoms with Crippen molar-refractivity contribution in [2.75, 3.05) is 0 Å². The van der Waals surface area contributed by atoms with Gasteiger partial charge in [-0.05, 0) is 31.0 Å². The van der Waals surface area contributed by atoms with Crippen molar-refractivity contribution in [3.63, 3.8) is 0 Å². The third kappa shape index (κ3) is 1.59. The third-order valence-electron chi connectivity index (χ3n) is 2.65. The summed E-state index contributed by atoms with van der Waals surface area (Å²) in [6.07, 6.45) is 2.28. The fourth-order valence-corrected chi connectivity index (χ4v) is 2.03. The Morgan fingerprint density at radius 2 is 2.20 bits per heavy atom. The summed E-state index contributed by atoms with van der Waals surface area (Å²) in [5.41, 5.74) is 0.740. The Bertz CT molecular complexity index is 587. The molecule has 0 aliphatic heterocycles. The maximum Gasteiger partial charge on any atom is 0.258 e. The van der Waals surface area contributed by atoms with Crippen molar-refractivity contribution in [1.82, 2.24) is 9.97 Å². The number of aromatic nitrogens is 2. The van der Waals surface area contributed by atoms with Crippen molar-refractivity contribution in [3.05, 3.63) is 38.9 Å². The summed E-state index contributed by atoms with van der Waals surface area (Å²) in [6.45, 7) is 0. The van der Waals surface area contributed by atoms with Gasteiger partial charge in [0.05, 0.1) is 10.9 Å². The molecule has 1 aliphatic rings. The van der Waals surface area contributed by atoms with E-state index in [-0.39, 0.29) is 5.56 Å². The van der Waals surface area contributed by atoms with Crippen molar-refractivity contribution in [1.29, 1.82) is 0 Å². The Balaban J connectivity index is 2.32. The SMILES string of the molecule is O=c1[nH]c(C2CC2)nc2cc(Br)ccc12. The molecule has 15 heavy (non-hydrogen) atoms. The summed E-state index contributed by atoms with van der Waals surface area (Å²) in [5.74, 6) is 1.31. The van der Waals surface area contributed by atoms with Crippen molar-refractivity contribution in [3.8, 4) is 0 Å². The van der Waals surface area contributed by atoms with Crippen LogP contribution in [-0.2, 0) is 0 Å². The Morgan fingerprint density at radius 3 is 2.93 bits per heavy atom. The second kappa shape index (κ2) is 3.17. The minimum absolute atomic E-state index is 0.0330. The topological polar surface area (TPSA) is 45.8 Å². The molecule has 3 nitrogen and oxygen atoms in total. The summed E-state index contributed by atoms with van der Waals surface area (Å²) >= 11 is 3.38. The van der Waals surface area contributed by atoms with Crippen LogP contribution in [0.15, 0.2) is 27.5 Å². The first-order chi connectivity index (χ1) is 7.24. The molecule has 0 bridgehead atoms. The second-order valence-corrected chi connectivity index (χ2v) is 4.80. The molecule has 76 valence electrons. The standard InChI is InChI=1S/C11H9BrN2O/c12-7-3-4-8-9(5-7)13-10(6-1-2-6)14-11(8)15/h3-6H,1-2H2,(H,13,14,15). The molecule has 0 saturated heterocycles. The highest BCUT2D eigenvalue weighted by atomic mass is 79.9. The van der Waals surface area contributed by atoms with E-state index in [9.17, 15) is 4.79 Å². The average molecular weight is 265 g/mol. The first kappa shape index (κ1) is 9.09. The predicted molar refractivity (Wildman–Crippen MR) is 62.0 cm³/mol. The molecule has 2 aromatic rings. The molecule has 3 rings (SSSR count). The number of nitrogens with zero attached hydrogens (tertiary/aromatic N) is 1. The zero-order chi connectivity index (χ0) is 10.4. The fraction of sp³-hybridized carbons (Fsp3) is 0.273. The second-order valence-electron chi connectivity index (χ2n) is 3.89. The Morgan fingerprint density at radius 1 is 1.40 bits per heavy atom. The lowest BCUT2D eigenvalue weighted by Gasteiger charge is -2.01. The largest absolute Gasteiger partial charge is 0.310 e. The van der Waals surface area contributed by atoms with Crippen LogP contribution in [0.1, 0.15) is 24.6 Å². The maximum absolute atomic E-state index is 11.7. The summed E-state index contributed by atoms with van der Waals surface area (Å²) < 4.78 is 0.954. The minimum atomic E-state index is -0.0330. The van der Waals surface area contributed by atoms with E-state index >= 15 is 0 Å². The molecule has 0 spiro atoms. The van der Waals surface area contributed by atoms with Gasteiger partial charge >= 0.3 is 0 Å². The zero-order valence-corrected chi connectivity index (χ0v) is 9.54. The molecule has 1 N–H and O–H groups in total. The molecule has 0 radical (unpaired) electrons. The van der Waals surface area contributed by atoms with E-state index < -0.39 is 0 Å². The first-order valence-electron chi connectivity index (χ1n) is 4.93. The van der Waals surface area contributed by atoms with Crippen molar-refractivity contribution in [2.24, 2.45) is 0 Å². The summed E-state index contributed by atoms with van der Waals surface area (Å²) in [5, 5.41) is 0.655. The summed E-state index contributed by atoms with van der Waals surface area (Å²) in [7, 11) is 0. The van der Waals surface area contributed by atoms with Gasteiger partial charge < -0.3 is 4.98 Å². The number of aromatic amines is 1. The monoisotopic (exact) mass is 264 g/mol. The lowest BCUT2D eigenvalue weighted by Crippen LogP contribution is -2.11. The van der Waals surface area contributed by atoms with Crippen LogP contribution in [0.3, 0.4) is 0 Å². The van der Waals surface area contributed by atoms with E-state index in [1.54, 1.807) is 6.07 Å². The van der Waals surface area contributed by atoms with Crippen LogP contribution in [0, 0.1) is 0 Å². The molecular weight excluding hydrogens is 256 g/mol. The number of hydrogen-bond acceptors (Lipinski definition) is 2. The molecule has 1 aromatic carbocycles. The van der Waals surface area contributed by atoms with E-state index in [1.165, 1.54) is 0 Å². The molecule has 0 amide bonds. The number of benzene rings is 1. The van der Waals surface area contributed by atoms with Gasteiger partial charge in [0.1, 0.15) is 5.82 Å². The van der Waals surface area contributed by atoms with E-state index in [4.69, 9.17) is 0 Å². The molecular formula is C11H9BrN2O. The number of hydrogen-bond donors (Lipinski definition) is 1. The van der Waals surface area contributed by atoms with Crippen LogP contribution in [0.2, 0.25) is 0 Å². The van der Waals surface area contributed by atoms with E-state index in [0.717, 1.165) is 28.7 Å². The van der Waals surface area contributed by atoms with Crippen LogP contribution >= 0.6 is 15.9 Å². The molecule has 1 heterocycles. The zero-order valence-electron chi connectivity index (χ0n) is 7.96. The molecule has 0 unspecified atom stereocenters. The average Bonchev–Trinajstić information content (AvgIpc) is 2.99. The van der Waals surface area contributed by atoms with Gasteiger partial charge in [-0.15, -0.1) is 0 Å². The van der Waals surface area contributed by atoms with Crippen LogP contribution in [0.25, 0.3) is 10.9 Å². The Labute approximate surface area is 94.7 Å². The van der Waals surface area contributed by atoms with Crippen molar-refractivity contribution >= 4 is 26.8 Å².